The van der Waals surface area contributed by atoms with Crippen LogP contribution in [0.4, 0.5) is 0 Å². The van der Waals surface area contributed by atoms with E-state index in [1.807, 2.05) is 18.2 Å². The van der Waals surface area contributed by atoms with E-state index in [1.165, 1.54) is 0 Å². The summed E-state index contributed by atoms with van der Waals surface area (Å²) in [6.07, 6.45) is 0.439. The van der Waals surface area contributed by atoms with Crippen LogP contribution in [0.3, 0.4) is 0 Å². The molecular weight excluding hydrogens is 426 g/mol. The first-order chi connectivity index (χ1) is 15.4. The molecule has 0 fully saturated rings. The van der Waals surface area contributed by atoms with Crippen molar-refractivity contribution < 1.29 is 19.8 Å². The van der Waals surface area contributed by atoms with E-state index in [2.05, 4.69) is 5.32 Å². The SMILES string of the molecule is O=C(O)c1ccc(Cc2cc3cc(C(=O)NCc4ccc(Cl)cc4)ccc3cc2O)cc1. The Kier molecular flexibility index (Phi) is 6.10. The van der Waals surface area contributed by atoms with Gasteiger partial charge < -0.3 is 15.5 Å². The van der Waals surface area contributed by atoms with Crippen LogP contribution in [0.1, 0.15) is 37.4 Å². The number of hydrogen-bond acceptors (Lipinski definition) is 3. The summed E-state index contributed by atoms with van der Waals surface area (Å²) in [5, 5.41) is 24.7. The molecule has 0 spiro atoms. The average molecular weight is 446 g/mol. The fourth-order valence-electron chi connectivity index (χ4n) is 3.49. The highest BCUT2D eigenvalue weighted by atomic mass is 35.5. The smallest absolute Gasteiger partial charge is 0.335 e. The van der Waals surface area contributed by atoms with Crippen molar-refractivity contribution in [2.24, 2.45) is 0 Å². The number of rotatable bonds is 6. The van der Waals surface area contributed by atoms with E-state index < -0.39 is 5.97 Å². The van der Waals surface area contributed by atoms with Crippen molar-refractivity contribution in [3.8, 4) is 5.75 Å². The number of phenolic OH excluding ortho intramolecular Hbond substituents is 1. The molecule has 0 unspecified atom stereocenters. The Morgan fingerprint density at radius 2 is 1.44 bits per heavy atom. The number of fused-ring (bicyclic) bond motifs is 1. The molecule has 0 radical (unpaired) electrons. The summed E-state index contributed by atoms with van der Waals surface area (Å²) in [7, 11) is 0. The van der Waals surface area contributed by atoms with Crippen molar-refractivity contribution in [1.82, 2.24) is 5.32 Å². The van der Waals surface area contributed by atoms with Gasteiger partial charge in [-0.15, -0.1) is 0 Å². The molecule has 6 heteroatoms. The van der Waals surface area contributed by atoms with Gasteiger partial charge in [0.2, 0.25) is 0 Å². The predicted octanol–water partition coefficient (Wildman–Crippen LogP) is 5.42. The predicted molar refractivity (Wildman–Crippen MR) is 124 cm³/mol. The number of hydrogen-bond donors (Lipinski definition) is 3. The highest BCUT2D eigenvalue weighted by Crippen LogP contribution is 2.28. The molecule has 0 aliphatic carbocycles. The first-order valence-electron chi connectivity index (χ1n) is 9.99. The summed E-state index contributed by atoms with van der Waals surface area (Å²) in [6, 6.07) is 22.7. The number of amides is 1. The largest absolute Gasteiger partial charge is 0.508 e. The number of aromatic hydroxyl groups is 1. The zero-order valence-corrected chi connectivity index (χ0v) is 17.8. The fourth-order valence-corrected chi connectivity index (χ4v) is 3.61. The van der Waals surface area contributed by atoms with Crippen molar-refractivity contribution in [2.45, 2.75) is 13.0 Å². The van der Waals surface area contributed by atoms with E-state index in [4.69, 9.17) is 16.7 Å². The van der Waals surface area contributed by atoms with Crippen molar-refractivity contribution in [2.75, 3.05) is 0 Å². The topological polar surface area (TPSA) is 86.6 Å². The zero-order valence-electron chi connectivity index (χ0n) is 17.0. The van der Waals surface area contributed by atoms with Crippen LogP contribution >= 0.6 is 11.6 Å². The van der Waals surface area contributed by atoms with Crippen LogP contribution in [0.2, 0.25) is 5.02 Å². The van der Waals surface area contributed by atoms with Crippen LogP contribution in [0, 0.1) is 0 Å². The van der Waals surface area contributed by atoms with Gasteiger partial charge in [-0.05, 0) is 76.0 Å². The number of phenols is 1. The number of benzene rings is 4. The lowest BCUT2D eigenvalue weighted by molar-refractivity contribution is 0.0696. The Hall–Kier alpha value is -3.83. The van der Waals surface area contributed by atoms with Crippen LogP contribution in [0.25, 0.3) is 10.8 Å². The van der Waals surface area contributed by atoms with E-state index in [1.54, 1.807) is 60.7 Å². The fraction of sp³-hybridized carbons (Fsp3) is 0.0769. The summed E-state index contributed by atoms with van der Waals surface area (Å²) in [4.78, 5) is 23.6. The standard InChI is InChI=1S/C26H20ClNO4/c27-23-9-3-17(4-10-23)15-28-25(30)20-8-7-19-14-24(29)22(13-21(19)12-20)11-16-1-5-18(6-2-16)26(31)32/h1-10,12-14,29H,11,15H2,(H,28,30)(H,31,32). The molecule has 32 heavy (non-hydrogen) atoms. The molecular formula is C26H20ClNO4. The Labute approximate surface area is 189 Å². The molecule has 0 aliphatic rings. The summed E-state index contributed by atoms with van der Waals surface area (Å²) in [5.74, 6) is -1.02. The maximum atomic E-state index is 12.6. The second-order valence-corrected chi connectivity index (χ2v) is 7.97. The molecule has 0 saturated heterocycles. The normalized spacial score (nSPS) is 10.8. The number of nitrogens with one attached hydrogen (secondary N) is 1. The number of halogens is 1. The molecule has 0 saturated carbocycles. The Morgan fingerprint density at radius 3 is 2.12 bits per heavy atom. The Balaban J connectivity index is 1.53. The summed E-state index contributed by atoms with van der Waals surface area (Å²) < 4.78 is 0. The lowest BCUT2D eigenvalue weighted by atomic mass is 9.98. The first kappa shape index (κ1) is 21.4. The lowest BCUT2D eigenvalue weighted by Gasteiger charge is -2.10. The molecule has 0 bridgehead atoms. The molecule has 160 valence electrons. The lowest BCUT2D eigenvalue weighted by Crippen LogP contribution is -2.22. The molecule has 0 heterocycles. The van der Waals surface area contributed by atoms with Gasteiger partial charge >= 0.3 is 5.97 Å². The van der Waals surface area contributed by atoms with Gasteiger partial charge in [0.1, 0.15) is 5.75 Å². The van der Waals surface area contributed by atoms with Crippen molar-refractivity contribution in [3.05, 3.63) is 112 Å². The number of carboxylic acids is 1. The monoisotopic (exact) mass is 445 g/mol. The van der Waals surface area contributed by atoms with Crippen LogP contribution in [0.15, 0.2) is 78.9 Å². The molecule has 0 aliphatic heterocycles. The molecule has 4 rings (SSSR count). The molecule has 0 atom stereocenters. The minimum atomic E-state index is -0.980. The van der Waals surface area contributed by atoms with Gasteiger partial charge in [-0.1, -0.05) is 41.9 Å². The third kappa shape index (κ3) is 4.90. The molecule has 4 aromatic rings. The number of aromatic carboxylic acids is 1. The van der Waals surface area contributed by atoms with Crippen LogP contribution in [0.5, 0.6) is 5.75 Å². The van der Waals surface area contributed by atoms with Crippen LogP contribution < -0.4 is 5.32 Å². The molecule has 1 amide bonds. The quantitative estimate of drug-likeness (QED) is 0.370. The van der Waals surface area contributed by atoms with E-state index >= 15 is 0 Å². The average Bonchev–Trinajstić information content (AvgIpc) is 2.79. The van der Waals surface area contributed by atoms with Gasteiger partial charge in [-0.3, -0.25) is 4.79 Å². The highest BCUT2D eigenvalue weighted by Gasteiger charge is 2.10. The maximum Gasteiger partial charge on any atom is 0.335 e. The highest BCUT2D eigenvalue weighted by molar-refractivity contribution is 6.30. The van der Waals surface area contributed by atoms with E-state index in [9.17, 15) is 14.7 Å². The third-order valence-electron chi connectivity index (χ3n) is 5.26. The van der Waals surface area contributed by atoms with E-state index in [0.29, 0.717) is 29.1 Å². The Morgan fingerprint density at radius 1 is 0.781 bits per heavy atom. The first-order valence-corrected chi connectivity index (χ1v) is 10.4. The van der Waals surface area contributed by atoms with Crippen molar-refractivity contribution in [3.63, 3.8) is 0 Å². The van der Waals surface area contributed by atoms with E-state index in [-0.39, 0.29) is 17.2 Å². The number of carbonyl (C=O) groups excluding carboxylic acids is 1. The minimum absolute atomic E-state index is 0.153. The second kappa shape index (κ2) is 9.12. The number of carbonyl (C=O) groups is 2. The van der Waals surface area contributed by atoms with Gasteiger partial charge in [-0.2, -0.15) is 0 Å². The second-order valence-electron chi connectivity index (χ2n) is 7.53. The van der Waals surface area contributed by atoms with Crippen molar-refractivity contribution >= 4 is 34.2 Å². The molecule has 4 aromatic carbocycles. The Bertz CT molecular complexity index is 1300. The van der Waals surface area contributed by atoms with E-state index in [0.717, 1.165) is 21.9 Å². The van der Waals surface area contributed by atoms with Gasteiger partial charge in [0, 0.05) is 23.6 Å². The van der Waals surface area contributed by atoms with Gasteiger partial charge in [-0.25, -0.2) is 4.79 Å². The van der Waals surface area contributed by atoms with Crippen LogP contribution in [-0.2, 0) is 13.0 Å². The molecule has 3 N–H and O–H groups in total. The number of carboxylic acid groups (broad SMARTS) is 1. The summed E-state index contributed by atoms with van der Waals surface area (Å²) in [5.41, 5.74) is 3.25. The van der Waals surface area contributed by atoms with Gasteiger partial charge in [0.15, 0.2) is 0 Å². The van der Waals surface area contributed by atoms with Gasteiger partial charge in [0.05, 0.1) is 5.56 Å². The molecule has 5 nitrogen and oxygen atoms in total. The third-order valence-corrected chi connectivity index (χ3v) is 5.51. The maximum absolute atomic E-state index is 12.6. The molecule has 0 aromatic heterocycles. The zero-order chi connectivity index (χ0) is 22.7. The minimum Gasteiger partial charge on any atom is -0.508 e. The van der Waals surface area contributed by atoms with Gasteiger partial charge in [0.25, 0.3) is 5.91 Å². The summed E-state index contributed by atoms with van der Waals surface area (Å²) in [6.45, 7) is 0.390. The van der Waals surface area contributed by atoms with Crippen LogP contribution in [-0.4, -0.2) is 22.1 Å². The van der Waals surface area contributed by atoms with Crippen molar-refractivity contribution in [1.29, 1.82) is 0 Å². The summed E-state index contributed by atoms with van der Waals surface area (Å²) >= 11 is 5.89.